The van der Waals surface area contributed by atoms with Crippen molar-refractivity contribution in [2.75, 3.05) is 5.32 Å². The van der Waals surface area contributed by atoms with Crippen LogP contribution in [0.4, 0.5) is 11.6 Å². The van der Waals surface area contributed by atoms with E-state index in [9.17, 15) is 5.11 Å². The molecule has 3 aromatic carbocycles. The fourth-order valence-electron chi connectivity index (χ4n) is 3.65. The Hall–Kier alpha value is -4.12. The third-order valence-electron chi connectivity index (χ3n) is 5.04. The Bertz CT molecular complexity index is 1310. The number of benzene rings is 3. The van der Waals surface area contributed by atoms with E-state index < -0.39 is 0 Å². The van der Waals surface area contributed by atoms with E-state index in [-0.39, 0.29) is 5.75 Å². The van der Waals surface area contributed by atoms with Crippen molar-refractivity contribution in [1.82, 2.24) is 14.5 Å². The van der Waals surface area contributed by atoms with Gasteiger partial charge in [-0.25, -0.2) is 9.97 Å². The maximum absolute atomic E-state index is 9.67. The highest BCUT2D eigenvalue weighted by atomic mass is 16.3. The molecule has 0 radical (unpaired) electrons. The zero-order chi connectivity index (χ0) is 20.3. The van der Waals surface area contributed by atoms with Gasteiger partial charge in [0.15, 0.2) is 0 Å². The number of hydrogen-bond donors (Lipinski definition) is 2. The van der Waals surface area contributed by atoms with Crippen LogP contribution in [0.5, 0.6) is 5.75 Å². The number of phenolic OH excluding ortho intramolecular Hbond substituents is 1. The molecule has 0 amide bonds. The normalized spacial score (nSPS) is 10.9. The minimum Gasteiger partial charge on any atom is -0.508 e. The highest BCUT2D eigenvalue weighted by Crippen LogP contribution is 2.29. The standard InChI is InChI=1S/C25H20N4O/c30-20-9-4-8-19(16-20)27-25-26-14-12-23(28-25)21-10-5-11-24-22(21)13-15-29(24)17-18-6-2-1-3-7-18/h1-16,30H,17H2,(H,26,27,28). The van der Waals surface area contributed by atoms with Crippen molar-refractivity contribution in [3.63, 3.8) is 0 Å². The summed E-state index contributed by atoms with van der Waals surface area (Å²) in [7, 11) is 0. The van der Waals surface area contributed by atoms with Crippen LogP contribution in [-0.4, -0.2) is 19.6 Å². The lowest BCUT2D eigenvalue weighted by Crippen LogP contribution is -1.99. The molecule has 0 aliphatic rings. The van der Waals surface area contributed by atoms with Gasteiger partial charge in [0.2, 0.25) is 5.95 Å². The molecule has 2 heterocycles. The summed E-state index contributed by atoms with van der Waals surface area (Å²) in [6.45, 7) is 0.821. The first-order valence-corrected chi connectivity index (χ1v) is 9.77. The second kappa shape index (κ2) is 7.72. The van der Waals surface area contributed by atoms with Crippen LogP contribution in [0.3, 0.4) is 0 Å². The molecule has 2 aromatic heterocycles. The lowest BCUT2D eigenvalue weighted by molar-refractivity contribution is 0.475. The maximum Gasteiger partial charge on any atom is 0.227 e. The van der Waals surface area contributed by atoms with E-state index in [1.807, 2.05) is 18.2 Å². The summed E-state index contributed by atoms with van der Waals surface area (Å²) >= 11 is 0. The highest BCUT2D eigenvalue weighted by Gasteiger charge is 2.10. The Balaban J connectivity index is 1.49. The lowest BCUT2D eigenvalue weighted by atomic mass is 10.1. The maximum atomic E-state index is 9.67. The van der Waals surface area contributed by atoms with Crippen LogP contribution in [0.1, 0.15) is 5.56 Å². The van der Waals surface area contributed by atoms with Gasteiger partial charge in [-0.05, 0) is 35.9 Å². The van der Waals surface area contributed by atoms with Crippen LogP contribution in [0.25, 0.3) is 22.2 Å². The Labute approximate surface area is 174 Å². The summed E-state index contributed by atoms with van der Waals surface area (Å²) in [5, 5.41) is 14.0. The molecule has 5 heteroatoms. The van der Waals surface area contributed by atoms with Gasteiger partial charge in [0.1, 0.15) is 5.75 Å². The van der Waals surface area contributed by atoms with Crippen molar-refractivity contribution < 1.29 is 5.11 Å². The number of hydrogen-bond acceptors (Lipinski definition) is 4. The van der Waals surface area contributed by atoms with Crippen LogP contribution in [0.15, 0.2) is 97.3 Å². The monoisotopic (exact) mass is 392 g/mol. The average Bonchev–Trinajstić information content (AvgIpc) is 3.18. The minimum atomic E-state index is 0.195. The van der Waals surface area contributed by atoms with Crippen molar-refractivity contribution >= 4 is 22.5 Å². The van der Waals surface area contributed by atoms with Crippen LogP contribution in [0.2, 0.25) is 0 Å². The third-order valence-corrected chi connectivity index (χ3v) is 5.04. The Kier molecular flexibility index (Phi) is 4.62. The fourth-order valence-corrected chi connectivity index (χ4v) is 3.65. The van der Waals surface area contributed by atoms with Gasteiger partial charge in [-0.15, -0.1) is 0 Å². The zero-order valence-electron chi connectivity index (χ0n) is 16.2. The summed E-state index contributed by atoms with van der Waals surface area (Å²) in [6, 6.07) is 27.7. The number of nitrogens with zero attached hydrogens (tertiary/aromatic N) is 3. The summed E-state index contributed by atoms with van der Waals surface area (Å²) in [4.78, 5) is 9.02. The van der Waals surface area contributed by atoms with Crippen molar-refractivity contribution in [3.8, 4) is 17.0 Å². The van der Waals surface area contributed by atoms with Crippen molar-refractivity contribution in [2.24, 2.45) is 0 Å². The van der Waals surface area contributed by atoms with E-state index in [1.165, 1.54) is 5.56 Å². The van der Waals surface area contributed by atoms with E-state index in [4.69, 9.17) is 4.98 Å². The van der Waals surface area contributed by atoms with Crippen LogP contribution < -0.4 is 5.32 Å². The molecule has 0 unspecified atom stereocenters. The molecule has 5 nitrogen and oxygen atoms in total. The molecule has 5 aromatic rings. The second-order valence-corrected chi connectivity index (χ2v) is 7.11. The molecule has 0 bridgehead atoms. The first-order chi connectivity index (χ1) is 14.8. The van der Waals surface area contributed by atoms with E-state index >= 15 is 0 Å². The molecule has 30 heavy (non-hydrogen) atoms. The Morgan fingerprint density at radius 3 is 2.60 bits per heavy atom. The molecular formula is C25H20N4O. The number of aromatic hydroxyl groups is 1. The molecule has 0 saturated heterocycles. The quantitative estimate of drug-likeness (QED) is 0.409. The van der Waals surface area contributed by atoms with Gasteiger partial charge in [0, 0.05) is 47.2 Å². The second-order valence-electron chi connectivity index (χ2n) is 7.11. The number of nitrogens with one attached hydrogen (secondary N) is 1. The Morgan fingerprint density at radius 2 is 1.73 bits per heavy atom. The molecule has 0 spiro atoms. The Morgan fingerprint density at radius 1 is 0.867 bits per heavy atom. The fraction of sp³-hybridized carbons (Fsp3) is 0.0400. The minimum absolute atomic E-state index is 0.195. The molecule has 146 valence electrons. The lowest BCUT2D eigenvalue weighted by Gasteiger charge is -2.09. The SMILES string of the molecule is Oc1cccc(Nc2nccc(-c3cccc4c3ccn4Cc3ccccc3)n2)c1. The summed E-state index contributed by atoms with van der Waals surface area (Å²) < 4.78 is 2.25. The summed E-state index contributed by atoms with van der Waals surface area (Å²) in [5.74, 6) is 0.680. The van der Waals surface area contributed by atoms with E-state index in [0.29, 0.717) is 5.95 Å². The number of rotatable bonds is 5. The number of anilines is 2. The van der Waals surface area contributed by atoms with Gasteiger partial charge in [-0.3, -0.25) is 0 Å². The van der Waals surface area contributed by atoms with Gasteiger partial charge < -0.3 is 15.0 Å². The van der Waals surface area contributed by atoms with E-state index in [0.717, 1.165) is 34.4 Å². The number of fused-ring (bicyclic) bond motifs is 1. The van der Waals surface area contributed by atoms with Gasteiger partial charge in [-0.1, -0.05) is 48.5 Å². The molecule has 0 aliphatic heterocycles. The molecule has 0 aliphatic carbocycles. The average molecular weight is 392 g/mol. The molecule has 0 saturated carbocycles. The summed E-state index contributed by atoms with van der Waals surface area (Å²) in [5.41, 5.74) is 5.06. The number of aromatic nitrogens is 3. The molecule has 2 N–H and O–H groups in total. The first-order valence-electron chi connectivity index (χ1n) is 9.77. The molecule has 0 atom stereocenters. The highest BCUT2D eigenvalue weighted by molar-refractivity contribution is 5.94. The smallest absolute Gasteiger partial charge is 0.227 e. The molecular weight excluding hydrogens is 372 g/mol. The topological polar surface area (TPSA) is 63.0 Å². The zero-order valence-corrected chi connectivity index (χ0v) is 16.2. The first kappa shape index (κ1) is 17.9. The van der Waals surface area contributed by atoms with Gasteiger partial charge in [0.05, 0.1) is 5.69 Å². The predicted octanol–water partition coefficient (Wildman–Crippen LogP) is 5.60. The van der Waals surface area contributed by atoms with Gasteiger partial charge >= 0.3 is 0 Å². The van der Waals surface area contributed by atoms with Crippen molar-refractivity contribution in [2.45, 2.75) is 6.54 Å². The van der Waals surface area contributed by atoms with Crippen LogP contribution in [0, 0.1) is 0 Å². The third kappa shape index (κ3) is 3.61. The summed E-state index contributed by atoms with van der Waals surface area (Å²) in [6.07, 6.45) is 3.86. The van der Waals surface area contributed by atoms with E-state index in [1.54, 1.807) is 24.4 Å². The van der Waals surface area contributed by atoms with Crippen molar-refractivity contribution in [3.05, 3.63) is 103 Å². The van der Waals surface area contributed by atoms with E-state index in [2.05, 4.69) is 69.6 Å². The van der Waals surface area contributed by atoms with Crippen molar-refractivity contribution in [1.29, 1.82) is 0 Å². The number of phenols is 1. The molecule has 0 fully saturated rings. The van der Waals surface area contributed by atoms with Crippen LogP contribution >= 0.6 is 0 Å². The predicted molar refractivity (Wildman–Crippen MR) is 120 cm³/mol. The van der Waals surface area contributed by atoms with Gasteiger partial charge in [0.25, 0.3) is 0 Å². The van der Waals surface area contributed by atoms with Gasteiger partial charge in [-0.2, -0.15) is 0 Å². The largest absolute Gasteiger partial charge is 0.508 e. The molecule has 5 rings (SSSR count). The van der Waals surface area contributed by atoms with Crippen LogP contribution in [-0.2, 0) is 6.54 Å².